The van der Waals surface area contributed by atoms with Gasteiger partial charge in [0.25, 0.3) is 0 Å². The number of nitrogens with zero attached hydrogens (tertiary/aromatic N) is 1. The Hall–Kier alpha value is -1.71. The molecule has 1 saturated heterocycles. The Morgan fingerprint density at radius 1 is 1.33 bits per heavy atom. The van der Waals surface area contributed by atoms with Crippen molar-refractivity contribution in [2.24, 2.45) is 5.41 Å². The number of rotatable bonds is 5. The maximum Gasteiger partial charge on any atom is 0.150 e. The fourth-order valence-corrected chi connectivity index (χ4v) is 2.72. The van der Waals surface area contributed by atoms with Gasteiger partial charge in [0.15, 0.2) is 11.6 Å². The van der Waals surface area contributed by atoms with Crippen molar-refractivity contribution in [2.75, 3.05) is 38.7 Å². The van der Waals surface area contributed by atoms with Gasteiger partial charge in [-0.15, -0.1) is 0 Å². The van der Waals surface area contributed by atoms with Gasteiger partial charge in [0.05, 0.1) is 18.2 Å². The minimum atomic E-state index is -0.743. The summed E-state index contributed by atoms with van der Waals surface area (Å²) >= 11 is 0. The molecule has 0 bridgehead atoms. The highest BCUT2D eigenvalue weighted by molar-refractivity contribution is 5.50. The summed E-state index contributed by atoms with van der Waals surface area (Å²) in [4.78, 5) is 0. The lowest BCUT2D eigenvalue weighted by Crippen LogP contribution is -2.44. The molecule has 1 aromatic rings. The maximum atomic E-state index is 13.9. The number of methoxy groups -OCH3 is 1. The minimum absolute atomic E-state index is 0.0241. The van der Waals surface area contributed by atoms with Crippen molar-refractivity contribution in [2.45, 2.75) is 12.8 Å². The molecule has 2 N–H and O–H groups in total. The molecule has 0 atom stereocenters. The molecule has 1 aromatic carbocycles. The van der Waals surface area contributed by atoms with Crippen LogP contribution in [-0.4, -0.2) is 33.4 Å². The molecular formula is C15H19F2N3O. The largest absolute Gasteiger partial charge is 0.384 e. The fourth-order valence-electron chi connectivity index (χ4n) is 2.72. The molecule has 0 unspecified atom stereocenters. The van der Waals surface area contributed by atoms with Crippen LogP contribution in [0.4, 0.5) is 14.5 Å². The van der Waals surface area contributed by atoms with Crippen molar-refractivity contribution in [1.82, 2.24) is 5.32 Å². The lowest BCUT2D eigenvalue weighted by Gasteiger charge is -2.37. The van der Waals surface area contributed by atoms with Crippen LogP contribution in [0.15, 0.2) is 12.1 Å². The van der Waals surface area contributed by atoms with Crippen molar-refractivity contribution in [3.8, 4) is 6.07 Å². The van der Waals surface area contributed by atoms with E-state index in [1.54, 1.807) is 13.2 Å². The number of ether oxygens (including phenoxy) is 1. The number of benzene rings is 1. The van der Waals surface area contributed by atoms with Gasteiger partial charge in [-0.2, -0.15) is 5.26 Å². The van der Waals surface area contributed by atoms with E-state index in [2.05, 4.69) is 10.6 Å². The van der Waals surface area contributed by atoms with Crippen LogP contribution in [0, 0.1) is 28.4 Å². The predicted molar refractivity (Wildman–Crippen MR) is 76.0 cm³/mol. The van der Waals surface area contributed by atoms with Gasteiger partial charge in [0.1, 0.15) is 5.69 Å². The highest BCUT2D eigenvalue weighted by atomic mass is 19.1. The first kappa shape index (κ1) is 15.7. The monoisotopic (exact) mass is 295 g/mol. The molecule has 4 nitrogen and oxygen atoms in total. The normalized spacial score (nSPS) is 17.2. The summed E-state index contributed by atoms with van der Waals surface area (Å²) in [6.07, 6.45) is 1.76. The van der Waals surface area contributed by atoms with Crippen LogP contribution in [0.2, 0.25) is 0 Å². The fraction of sp³-hybridized carbons (Fsp3) is 0.533. The second-order valence-electron chi connectivity index (χ2n) is 5.46. The van der Waals surface area contributed by atoms with Crippen molar-refractivity contribution in [1.29, 1.82) is 5.26 Å². The summed E-state index contributed by atoms with van der Waals surface area (Å²) in [5.74, 6) is -1.49. The van der Waals surface area contributed by atoms with Crippen LogP contribution in [-0.2, 0) is 4.74 Å². The molecule has 0 spiro atoms. The molecule has 0 aliphatic carbocycles. The molecule has 114 valence electrons. The second-order valence-corrected chi connectivity index (χ2v) is 5.46. The zero-order valence-electron chi connectivity index (χ0n) is 12.0. The van der Waals surface area contributed by atoms with Gasteiger partial charge in [-0.25, -0.2) is 8.78 Å². The molecule has 1 fully saturated rings. The van der Waals surface area contributed by atoms with E-state index >= 15 is 0 Å². The number of nitriles is 1. The van der Waals surface area contributed by atoms with Crippen molar-refractivity contribution >= 4 is 5.69 Å². The van der Waals surface area contributed by atoms with Gasteiger partial charge >= 0.3 is 0 Å². The number of nitrogens with one attached hydrogen (secondary N) is 2. The molecule has 0 saturated carbocycles. The Bertz CT molecular complexity index is 508. The summed E-state index contributed by atoms with van der Waals surface area (Å²) in [6.45, 7) is 2.70. The summed E-state index contributed by atoms with van der Waals surface area (Å²) < 4.78 is 33.0. The lowest BCUT2D eigenvalue weighted by atomic mass is 9.79. The van der Waals surface area contributed by atoms with E-state index in [1.807, 2.05) is 0 Å². The van der Waals surface area contributed by atoms with Crippen molar-refractivity contribution < 1.29 is 13.5 Å². The third-order valence-electron chi connectivity index (χ3n) is 3.93. The average Bonchev–Trinajstić information content (AvgIpc) is 2.47. The number of halogens is 2. The number of hydrogen-bond acceptors (Lipinski definition) is 4. The third kappa shape index (κ3) is 3.69. The first-order valence-electron chi connectivity index (χ1n) is 6.93. The molecule has 0 radical (unpaired) electrons. The van der Waals surface area contributed by atoms with E-state index in [0.717, 1.165) is 38.1 Å². The summed E-state index contributed by atoms with van der Waals surface area (Å²) in [5, 5.41) is 14.8. The zero-order valence-corrected chi connectivity index (χ0v) is 12.0. The van der Waals surface area contributed by atoms with Crippen LogP contribution in [0.1, 0.15) is 18.4 Å². The molecular weight excluding hydrogens is 276 g/mol. The molecule has 6 heteroatoms. The SMILES string of the molecule is COCC1(CNc2c(F)cc(C#N)cc2F)CCNCC1. The van der Waals surface area contributed by atoms with Gasteiger partial charge in [0, 0.05) is 19.1 Å². The molecule has 0 amide bonds. The Morgan fingerprint density at radius 2 is 1.95 bits per heavy atom. The number of hydrogen-bond donors (Lipinski definition) is 2. The quantitative estimate of drug-likeness (QED) is 0.875. The summed E-state index contributed by atoms with van der Waals surface area (Å²) in [7, 11) is 1.63. The van der Waals surface area contributed by atoms with E-state index < -0.39 is 11.6 Å². The lowest BCUT2D eigenvalue weighted by molar-refractivity contribution is 0.0635. The van der Waals surface area contributed by atoms with E-state index in [0.29, 0.717) is 13.2 Å². The Morgan fingerprint density at radius 3 is 2.48 bits per heavy atom. The zero-order chi connectivity index (χ0) is 15.3. The van der Waals surface area contributed by atoms with Crippen LogP contribution in [0.5, 0.6) is 0 Å². The first-order chi connectivity index (χ1) is 10.1. The van der Waals surface area contributed by atoms with Gasteiger partial charge < -0.3 is 15.4 Å². The van der Waals surface area contributed by atoms with Crippen LogP contribution < -0.4 is 10.6 Å². The van der Waals surface area contributed by atoms with E-state index in [-0.39, 0.29) is 16.7 Å². The van der Waals surface area contributed by atoms with Crippen molar-refractivity contribution in [3.63, 3.8) is 0 Å². The third-order valence-corrected chi connectivity index (χ3v) is 3.93. The van der Waals surface area contributed by atoms with Gasteiger partial charge in [0.2, 0.25) is 0 Å². The standard InChI is InChI=1S/C15H19F2N3O/c1-21-10-15(2-4-19-5-3-15)9-20-14-12(16)6-11(8-18)7-13(14)17/h6-7,19-20H,2-5,9-10H2,1H3. The molecule has 1 aliphatic rings. The van der Waals surface area contributed by atoms with E-state index in [4.69, 9.17) is 10.00 Å². The molecule has 21 heavy (non-hydrogen) atoms. The smallest absolute Gasteiger partial charge is 0.150 e. The maximum absolute atomic E-state index is 13.9. The predicted octanol–water partition coefficient (Wildman–Crippen LogP) is 2.26. The molecule has 1 aliphatic heterocycles. The minimum Gasteiger partial charge on any atom is -0.384 e. The number of anilines is 1. The van der Waals surface area contributed by atoms with E-state index in [1.165, 1.54) is 0 Å². The van der Waals surface area contributed by atoms with Crippen molar-refractivity contribution in [3.05, 3.63) is 29.3 Å². The topological polar surface area (TPSA) is 57.1 Å². The highest BCUT2D eigenvalue weighted by Crippen LogP contribution is 2.30. The first-order valence-corrected chi connectivity index (χ1v) is 6.93. The molecule has 2 rings (SSSR count). The van der Waals surface area contributed by atoms with Crippen LogP contribution in [0.3, 0.4) is 0 Å². The molecule has 1 heterocycles. The Balaban J connectivity index is 2.12. The second kappa shape index (κ2) is 6.83. The average molecular weight is 295 g/mol. The van der Waals surface area contributed by atoms with Crippen LogP contribution >= 0.6 is 0 Å². The van der Waals surface area contributed by atoms with Gasteiger partial charge in [-0.05, 0) is 38.1 Å². The van der Waals surface area contributed by atoms with Gasteiger partial charge in [-0.3, -0.25) is 0 Å². The molecule has 0 aromatic heterocycles. The summed E-state index contributed by atoms with van der Waals surface area (Å²) in [6, 6.07) is 3.81. The Kier molecular flexibility index (Phi) is 5.10. The summed E-state index contributed by atoms with van der Waals surface area (Å²) in [5.41, 5.74) is -0.334. The number of piperidine rings is 1. The van der Waals surface area contributed by atoms with Crippen LogP contribution in [0.25, 0.3) is 0 Å². The Labute approximate surface area is 123 Å². The van der Waals surface area contributed by atoms with Gasteiger partial charge in [-0.1, -0.05) is 0 Å². The van der Waals surface area contributed by atoms with E-state index in [9.17, 15) is 8.78 Å². The highest BCUT2D eigenvalue weighted by Gasteiger charge is 2.32.